The molecule has 6 heteroatoms. The Hall–Kier alpha value is -1.79. The summed E-state index contributed by atoms with van der Waals surface area (Å²) < 4.78 is 5.22. The van der Waals surface area contributed by atoms with Crippen LogP contribution in [0.2, 0.25) is 0 Å². The topological polar surface area (TPSA) is 84.1 Å². The Bertz CT molecular complexity index is 555. The lowest BCUT2D eigenvalue weighted by molar-refractivity contribution is 0.191. The average Bonchev–Trinajstić information content (AvgIpc) is 2.97. The van der Waals surface area contributed by atoms with E-state index in [9.17, 15) is 5.11 Å². The smallest absolute Gasteiger partial charge is 0.244 e. The summed E-state index contributed by atoms with van der Waals surface area (Å²) in [5, 5.41) is 16.5. The maximum absolute atomic E-state index is 9.46. The van der Waals surface area contributed by atoms with Crippen molar-refractivity contribution in [1.82, 2.24) is 20.4 Å². The second-order valence-corrected chi connectivity index (χ2v) is 4.47. The summed E-state index contributed by atoms with van der Waals surface area (Å²) in [5.41, 5.74) is 1.61. The fraction of sp³-hybridized carbons (Fsp3) is 0.417. The molecule has 0 amide bonds. The summed E-state index contributed by atoms with van der Waals surface area (Å²) in [6.07, 6.45) is 0.255. The first-order valence-corrected chi connectivity index (χ1v) is 5.91. The maximum Gasteiger partial charge on any atom is 0.244 e. The van der Waals surface area contributed by atoms with Crippen LogP contribution in [-0.4, -0.2) is 32.9 Å². The molecule has 2 atom stereocenters. The van der Waals surface area contributed by atoms with Gasteiger partial charge in [-0.15, -0.1) is 0 Å². The number of rotatable bonds is 2. The third-order valence-electron chi connectivity index (χ3n) is 2.96. The number of aliphatic hydroxyl groups excluding tert-OH is 1. The molecule has 18 heavy (non-hydrogen) atoms. The largest absolute Gasteiger partial charge is 0.392 e. The van der Waals surface area contributed by atoms with Crippen molar-refractivity contribution in [2.75, 3.05) is 6.54 Å². The van der Waals surface area contributed by atoms with Gasteiger partial charge in [0.05, 0.1) is 12.1 Å². The Morgan fingerprint density at radius 1 is 1.39 bits per heavy atom. The minimum Gasteiger partial charge on any atom is -0.392 e. The van der Waals surface area contributed by atoms with Crippen molar-refractivity contribution in [2.45, 2.75) is 25.5 Å². The Morgan fingerprint density at radius 3 is 3.00 bits per heavy atom. The number of aliphatic hydroxyl groups is 1. The van der Waals surface area contributed by atoms with Crippen LogP contribution in [-0.2, 0) is 0 Å². The molecule has 0 aromatic carbocycles. The Labute approximate surface area is 104 Å². The molecule has 0 unspecified atom stereocenters. The molecule has 0 radical (unpaired) electrons. The molecule has 3 heterocycles. The lowest BCUT2D eigenvalue weighted by Crippen LogP contribution is -2.15. The average molecular weight is 246 g/mol. The van der Waals surface area contributed by atoms with E-state index in [4.69, 9.17) is 4.52 Å². The highest BCUT2D eigenvalue weighted by molar-refractivity contribution is 5.48. The molecule has 2 N–H and O–H groups in total. The fourth-order valence-electron chi connectivity index (χ4n) is 2.05. The molecule has 0 spiro atoms. The van der Waals surface area contributed by atoms with Crippen LogP contribution in [0.25, 0.3) is 11.5 Å². The van der Waals surface area contributed by atoms with Crippen LogP contribution in [0.1, 0.15) is 24.0 Å². The first-order valence-electron chi connectivity index (χ1n) is 5.91. The van der Waals surface area contributed by atoms with Crippen molar-refractivity contribution >= 4 is 0 Å². The standard InChI is InChI=1S/C12H14N4O2/c1-7-3-2-4-9(14-7)11-15-12(18-16-11)10-5-8(17)6-13-10/h2-4,8,10,13,17H,5-6H2,1H3/t8-,10+/m1/s1. The van der Waals surface area contributed by atoms with Gasteiger partial charge in [-0.25, -0.2) is 4.98 Å². The molecule has 94 valence electrons. The summed E-state index contributed by atoms with van der Waals surface area (Å²) in [4.78, 5) is 8.67. The first kappa shape index (κ1) is 11.3. The summed E-state index contributed by atoms with van der Waals surface area (Å²) in [6, 6.07) is 5.61. The number of aryl methyl sites for hydroxylation is 1. The lowest BCUT2D eigenvalue weighted by Gasteiger charge is -2.01. The number of β-amino-alcohol motifs (C(OH)–C–C–N with tert-alkyl or cyclic N) is 1. The molecule has 1 fully saturated rings. The molecule has 0 aliphatic carbocycles. The zero-order chi connectivity index (χ0) is 12.5. The SMILES string of the molecule is Cc1cccc(-c2noc([C@@H]3C[C@@H](O)CN3)n2)n1. The summed E-state index contributed by atoms with van der Waals surface area (Å²) in [6.45, 7) is 2.48. The molecule has 0 bridgehead atoms. The van der Waals surface area contributed by atoms with E-state index in [1.54, 1.807) is 0 Å². The number of hydrogen-bond acceptors (Lipinski definition) is 6. The molecule has 1 aliphatic rings. The van der Waals surface area contributed by atoms with Crippen molar-refractivity contribution in [3.05, 3.63) is 29.8 Å². The van der Waals surface area contributed by atoms with Crippen LogP contribution in [0.15, 0.2) is 22.7 Å². The number of aromatic nitrogens is 3. The Balaban J connectivity index is 1.85. The highest BCUT2D eigenvalue weighted by atomic mass is 16.5. The quantitative estimate of drug-likeness (QED) is 0.816. The van der Waals surface area contributed by atoms with E-state index in [2.05, 4.69) is 20.4 Å². The Morgan fingerprint density at radius 2 is 2.28 bits per heavy atom. The monoisotopic (exact) mass is 246 g/mol. The number of nitrogens with one attached hydrogen (secondary N) is 1. The second-order valence-electron chi connectivity index (χ2n) is 4.47. The van der Waals surface area contributed by atoms with Gasteiger partial charge >= 0.3 is 0 Å². The summed E-state index contributed by atoms with van der Waals surface area (Å²) >= 11 is 0. The van der Waals surface area contributed by atoms with Crippen molar-refractivity contribution < 1.29 is 9.63 Å². The zero-order valence-corrected chi connectivity index (χ0v) is 10.00. The van der Waals surface area contributed by atoms with Crippen LogP contribution < -0.4 is 5.32 Å². The zero-order valence-electron chi connectivity index (χ0n) is 10.00. The van der Waals surface area contributed by atoms with Gasteiger partial charge in [0, 0.05) is 12.2 Å². The fourth-order valence-corrected chi connectivity index (χ4v) is 2.05. The van der Waals surface area contributed by atoms with Gasteiger partial charge in [-0.3, -0.25) is 0 Å². The summed E-state index contributed by atoms with van der Waals surface area (Å²) in [5.74, 6) is 0.988. The van der Waals surface area contributed by atoms with E-state index in [0.29, 0.717) is 30.4 Å². The number of pyridine rings is 1. The molecule has 6 nitrogen and oxygen atoms in total. The number of hydrogen-bond donors (Lipinski definition) is 2. The lowest BCUT2D eigenvalue weighted by atomic mass is 10.2. The highest BCUT2D eigenvalue weighted by Gasteiger charge is 2.28. The van der Waals surface area contributed by atoms with Gasteiger partial charge < -0.3 is 14.9 Å². The van der Waals surface area contributed by atoms with E-state index in [-0.39, 0.29) is 12.1 Å². The molecular weight excluding hydrogens is 232 g/mol. The Kier molecular flexibility index (Phi) is 2.81. The van der Waals surface area contributed by atoms with Crippen LogP contribution in [0.5, 0.6) is 0 Å². The molecule has 2 aromatic rings. The van der Waals surface area contributed by atoms with Gasteiger partial charge in [0.1, 0.15) is 5.69 Å². The first-order chi connectivity index (χ1) is 8.72. The minimum absolute atomic E-state index is 0.0638. The molecule has 1 saturated heterocycles. The minimum atomic E-state index is -0.345. The van der Waals surface area contributed by atoms with Crippen molar-refractivity contribution in [2.24, 2.45) is 0 Å². The molecule has 0 saturated carbocycles. The second kappa shape index (κ2) is 4.47. The highest BCUT2D eigenvalue weighted by Crippen LogP contribution is 2.23. The van der Waals surface area contributed by atoms with Crippen LogP contribution in [0.4, 0.5) is 0 Å². The molecule has 1 aliphatic heterocycles. The normalized spacial score (nSPS) is 23.4. The predicted octanol–water partition coefficient (Wildman–Crippen LogP) is 0.835. The summed E-state index contributed by atoms with van der Waals surface area (Å²) in [7, 11) is 0. The molecular formula is C12H14N4O2. The van der Waals surface area contributed by atoms with Crippen molar-refractivity contribution in [1.29, 1.82) is 0 Å². The van der Waals surface area contributed by atoms with Gasteiger partial charge in [0.2, 0.25) is 11.7 Å². The number of nitrogens with zero attached hydrogens (tertiary/aromatic N) is 3. The van der Waals surface area contributed by atoms with Gasteiger partial charge in [-0.1, -0.05) is 11.2 Å². The van der Waals surface area contributed by atoms with Crippen LogP contribution in [0, 0.1) is 6.92 Å². The van der Waals surface area contributed by atoms with E-state index >= 15 is 0 Å². The van der Waals surface area contributed by atoms with E-state index in [0.717, 1.165) is 5.69 Å². The third-order valence-corrected chi connectivity index (χ3v) is 2.96. The third kappa shape index (κ3) is 2.12. The van der Waals surface area contributed by atoms with Gasteiger partial charge in [0.15, 0.2) is 0 Å². The predicted molar refractivity (Wildman–Crippen MR) is 63.6 cm³/mol. The maximum atomic E-state index is 9.46. The van der Waals surface area contributed by atoms with Gasteiger partial charge in [-0.05, 0) is 25.5 Å². The van der Waals surface area contributed by atoms with E-state index in [1.165, 1.54) is 0 Å². The van der Waals surface area contributed by atoms with Crippen molar-refractivity contribution in [3.63, 3.8) is 0 Å². The van der Waals surface area contributed by atoms with Crippen molar-refractivity contribution in [3.8, 4) is 11.5 Å². The molecule has 2 aromatic heterocycles. The van der Waals surface area contributed by atoms with E-state index in [1.807, 2.05) is 25.1 Å². The van der Waals surface area contributed by atoms with Crippen LogP contribution in [0.3, 0.4) is 0 Å². The van der Waals surface area contributed by atoms with Crippen LogP contribution >= 0.6 is 0 Å². The molecule has 3 rings (SSSR count). The van der Waals surface area contributed by atoms with Gasteiger partial charge in [-0.2, -0.15) is 4.98 Å². The van der Waals surface area contributed by atoms with Gasteiger partial charge in [0.25, 0.3) is 0 Å². The van der Waals surface area contributed by atoms with E-state index < -0.39 is 0 Å².